The zero-order valence-corrected chi connectivity index (χ0v) is 25.5. The maximum atomic E-state index is 11.1. The number of aliphatic carboxylic acids is 1. The topological polar surface area (TPSA) is 49.4 Å². The van der Waals surface area contributed by atoms with E-state index in [1.54, 1.807) is 0 Å². The third kappa shape index (κ3) is 7.77. The Morgan fingerprint density at radius 3 is 1.66 bits per heavy atom. The van der Waals surface area contributed by atoms with Gasteiger partial charge in [0, 0.05) is 11.4 Å². The van der Waals surface area contributed by atoms with Crippen LogP contribution in [0.2, 0.25) is 0 Å². The number of hydrogen-bond acceptors (Lipinski definition) is 3. The minimum Gasteiger partial charge on any atom is -0.550 e. The Labute approximate surface area is 250 Å². The number of carboxylic acid groups (broad SMARTS) is 1. The van der Waals surface area contributed by atoms with Gasteiger partial charge in [0.15, 0.2) is 14.7 Å². The molecule has 0 radical (unpaired) electrons. The first-order valence-corrected chi connectivity index (χ1v) is 17.1. The lowest BCUT2D eigenvalue weighted by molar-refractivity contribution is -0.327. The second-order valence-electron chi connectivity index (χ2n) is 12.5. The number of carbonyl (C=O) groups is 1. The van der Waals surface area contributed by atoms with E-state index in [0.717, 1.165) is 38.0 Å². The van der Waals surface area contributed by atoms with Crippen molar-refractivity contribution in [3.05, 3.63) is 84.9 Å². The monoisotopic (exact) mass is 570 g/mol. The average molecular weight is 571 g/mol. The van der Waals surface area contributed by atoms with E-state index in [1.165, 1.54) is 66.1 Å². The lowest BCUT2D eigenvalue weighted by atomic mass is 9.49. The molecule has 218 valence electrons. The molecule has 4 aliphatic carbocycles. The first-order chi connectivity index (χ1) is 20.1. The Balaban J connectivity index is 0.000000213. The van der Waals surface area contributed by atoms with E-state index in [0.29, 0.717) is 17.8 Å². The maximum Gasteiger partial charge on any atom is 0.166 e. The van der Waals surface area contributed by atoms with Crippen LogP contribution in [0.25, 0.3) is 0 Å². The SMILES string of the molecule is CCCCCCCCOc1ccc([S+](c2ccccc2)c2ccccc2)cc1.O=C([O-])C12CC3CC(CC(C3)C1)C2. The quantitative estimate of drug-likeness (QED) is 0.162. The Hall–Kier alpha value is -2.72. The van der Waals surface area contributed by atoms with Crippen LogP contribution in [0.4, 0.5) is 0 Å². The highest BCUT2D eigenvalue weighted by Gasteiger charge is 2.51. The van der Waals surface area contributed by atoms with Gasteiger partial charge >= 0.3 is 0 Å². The summed E-state index contributed by atoms with van der Waals surface area (Å²) in [6, 6.07) is 30.2. The van der Waals surface area contributed by atoms with Gasteiger partial charge in [-0.05, 0) is 111 Å². The van der Waals surface area contributed by atoms with Crippen LogP contribution in [-0.2, 0) is 15.7 Å². The molecule has 0 N–H and O–H groups in total. The number of benzene rings is 3. The smallest absolute Gasteiger partial charge is 0.166 e. The summed E-state index contributed by atoms with van der Waals surface area (Å²) in [6.45, 7) is 3.07. The Morgan fingerprint density at radius 1 is 0.707 bits per heavy atom. The molecule has 0 unspecified atom stereocenters. The molecule has 3 nitrogen and oxygen atoms in total. The molecule has 3 aromatic rings. The summed E-state index contributed by atoms with van der Waals surface area (Å²) < 4.78 is 5.96. The van der Waals surface area contributed by atoms with Gasteiger partial charge in [0.2, 0.25) is 0 Å². The van der Waals surface area contributed by atoms with Crippen molar-refractivity contribution in [1.82, 2.24) is 0 Å². The Kier molecular flexibility index (Phi) is 10.5. The molecule has 41 heavy (non-hydrogen) atoms. The van der Waals surface area contributed by atoms with Crippen LogP contribution in [0.3, 0.4) is 0 Å². The highest BCUT2D eigenvalue weighted by Crippen LogP contribution is 2.59. The zero-order chi connectivity index (χ0) is 28.5. The van der Waals surface area contributed by atoms with Crippen molar-refractivity contribution in [2.24, 2.45) is 23.2 Å². The summed E-state index contributed by atoms with van der Waals surface area (Å²) >= 11 is 0. The Bertz CT molecular complexity index is 1130. The van der Waals surface area contributed by atoms with Crippen molar-refractivity contribution >= 4 is 16.9 Å². The molecule has 0 aliphatic heterocycles. The van der Waals surface area contributed by atoms with Gasteiger partial charge in [0.25, 0.3) is 0 Å². The van der Waals surface area contributed by atoms with Gasteiger partial charge in [-0.15, -0.1) is 0 Å². The molecule has 3 aromatic carbocycles. The van der Waals surface area contributed by atoms with Crippen LogP contribution in [0.5, 0.6) is 5.75 Å². The van der Waals surface area contributed by atoms with Gasteiger partial charge in [-0.3, -0.25) is 0 Å². The molecule has 0 spiro atoms. The number of rotatable bonds is 12. The molecule has 4 bridgehead atoms. The molecular weight excluding hydrogens is 524 g/mol. The van der Waals surface area contributed by atoms with Crippen LogP contribution in [0.1, 0.15) is 84.0 Å². The first-order valence-electron chi connectivity index (χ1n) is 15.8. The van der Waals surface area contributed by atoms with E-state index < -0.39 is 11.4 Å². The number of hydrogen-bond donors (Lipinski definition) is 0. The maximum absolute atomic E-state index is 11.1. The van der Waals surface area contributed by atoms with Gasteiger partial charge in [0.1, 0.15) is 5.75 Å². The van der Waals surface area contributed by atoms with Crippen molar-refractivity contribution in [2.45, 2.75) is 98.7 Å². The van der Waals surface area contributed by atoms with Gasteiger partial charge in [-0.1, -0.05) is 75.4 Å². The molecule has 0 amide bonds. The van der Waals surface area contributed by atoms with Crippen LogP contribution >= 0.6 is 0 Å². The minimum absolute atomic E-state index is 0.0906. The third-order valence-corrected chi connectivity index (χ3v) is 11.5. The molecule has 0 atom stereocenters. The van der Waals surface area contributed by atoms with E-state index in [2.05, 4.69) is 91.9 Å². The van der Waals surface area contributed by atoms with E-state index >= 15 is 0 Å². The highest BCUT2D eigenvalue weighted by molar-refractivity contribution is 7.97. The summed E-state index contributed by atoms with van der Waals surface area (Å²) in [6.07, 6.45) is 14.4. The molecule has 4 saturated carbocycles. The average Bonchev–Trinajstić information content (AvgIpc) is 2.98. The number of ether oxygens (including phenoxy) is 1. The van der Waals surface area contributed by atoms with Gasteiger partial charge in [-0.25, -0.2) is 0 Å². The lowest BCUT2D eigenvalue weighted by Gasteiger charge is -2.57. The predicted molar refractivity (Wildman–Crippen MR) is 166 cm³/mol. The largest absolute Gasteiger partial charge is 0.550 e. The van der Waals surface area contributed by atoms with Crippen molar-refractivity contribution in [3.8, 4) is 5.75 Å². The summed E-state index contributed by atoms with van der Waals surface area (Å²) in [5, 5.41) is 11.1. The van der Waals surface area contributed by atoms with Crippen LogP contribution in [0.15, 0.2) is 99.6 Å². The van der Waals surface area contributed by atoms with Crippen molar-refractivity contribution in [2.75, 3.05) is 6.61 Å². The van der Waals surface area contributed by atoms with Crippen molar-refractivity contribution in [1.29, 1.82) is 0 Å². The fraction of sp³-hybridized carbons (Fsp3) is 0.486. The number of unbranched alkanes of at least 4 members (excludes halogenated alkanes) is 5. The second kappa shape index (κ2) is 14.4. The first kappa shape index (κ1) is 29.8. The number of carboxylic acids is 1. The van der Waals surface area contributed by atoms with Crippen molar-refractivity contribution < 1.29 is 14.6 Å². The predicted octanol–water partition coefficient (Wildman–Crippen LogP) is 8.47. The van der Waals surface area contributed by atoms with E-state index in [4.69, 9.17) is 4.74 Å². The normalized spacial score (nSPS) is 24.1. The van der Waals surface area contributed by atoms with E-state index in [1.807, 2.05) is 0 Å². The summed E-state index contributed by atoms with van der Waals surface area (Å²) in [5.41, 5.74) is -0.394. The van der Waals surface area contributed by atoms with Crippen LogP contribution in [0, 0.1) is 23.2 Å². The Morgan fingerprint density at radius 2 is 1.17 bits per heavy atom. The van der Waals surface area contributed by atoms with Crippen LogP contribution < -0.4 is 9.84 Å². The molecule has 7 rings (SSSR count). The highest BCUT2D eigenvalue weighted by atomic mass is 32.2. The van der Waals surface area contributed by atoms with Crippen molar-refractivity contribution in [3.63, 3.8) is 0 Å². The molecule has 4 fully saturated rings. The fourth-order valence-corrected chi connectivity index (χ4v) is 9.71. The molecule has 4 heteroatoms. The number of carbonyl (C=O) groups excluding carboxylic acids is 1. The van der Waals surface area contributed by atoms with Gasteiger partial charge in [-0.2, -0.15) is 0 Å². The summed E-state index contributed by atoms with van der Waals surface area (Å²) in [4.78, 5) is 15.1. The molecule has 0 saturated heterocycles. The summed E-state index contributed by atoms with van der Waals surface area (Å²) in [5.74, 6) is 2.35. The van der Waals surface area contributed by atoms with E-state index in [-0.39, 0.29) is 10.9 Å². The molecule has 4 aliphatic rings. The van der Waals surface area contributed by atoms with Crippen LogP contribution in [-0.4, -0.2) is 12.6 Å². The molecule has 0 aromatic heterocycles. The third-order valence-electron chi connectivity index (χ3n) is 9.26. The molecular formula is C37H46O3S. The van der Waals surface area contributed by atoms with Gasteiger partial charge < -0.3 is 14.6 Å². The summed E-state index contributed by atoms with van der Waals surface area (Å²) in [7, 11) is -0.0906. The zero-order valence-electron chi connectivity index (χ0n) is 24.6. The van der Waals surface area contributed by atoms with E-state index in [9.17, 15) is 9.90 Å². The fourth-order valence-electron chi connectivity index (χ4n) is 7.63. The van der Waals surface area contributed by atoms with Gasteiger partial charge in [0.05, 0.1) is 17.5 Å². The minimum atomic E-state index is -0.758. The second-order valence-corrected chi connectivity index (χ2v) is 14.5. The lowest BCUT2D eigenvalue weighted by Crippen LogP contribution is -2.54. The molecule has 0 heterocycles. The standard InChI is InChI=1S/C26H31OS.C11H16O2/c1-2-3-4-5-6-13-22-27-23-18-20-26(21-19-23)28(24-14-9-7-10-15-24)25-16-11-8-12-17-25;12-10(13)11-4-7-1-8(5-11)3-9(2-7)6-11/h7-12,14-21H,2-6,13,22H2,1H3;7-9H,1-6H2,(H,12,13)/q+1;/p-1.